The highest BCUT2D eigenvalue weighted by Crippen LogP contribution is 2.32. The predicted molar refractivity (Wildman–Crippen MR) is 48.7 cm³/mol. The monoisotopic (exact) mass is 162 g/mol. The van der Waals surface area contributed by atoms with Crippen molar-refractivity contribution in [3.05, 3.63) is 30.1 Å². The molecule has 1 aliphatic rings. The molecule has 0 radical (unpaired) electrons. The van der Waals surface area contributed by atoms with Gasteiger partial charge in [0.15, 0.2) is 11.9 Å². The zero-order chi connectivity index (χ0) is 8.39. The van der Waals surface area contributed by atoms with Crippen molar-refractivity contribution < 1.29 is 4.57 Å². The number of aromatic nitrogens is 1. The van der Waals surface area contributed by atoms with Crippen LogP contribution in [0.2, 0.25) is 0 Å². The minimum atomic E-state index is 1.04. The molecule has 0 aromatic carbocycles. The quantitative estimate of drug-likeness (QED) is 0.599. The third-order valence-electron chi connectivity index (χ3n) is 2.64. The Morgan fingerprint density at radius 3 is 2.92 bits per heavy atom. The van der Waals surface area contributed by atoms with Gasteiger partial charge in [0.05, 0.1) is 0 Å². The number of nitrogens with zero attached hydrogens (tertiary/aromatic N) is 1. The molecule has 0 atom stereocenters. The van der Waals surface area contributed by atoms with Crippen molar-refractivity contribution in [2.45, 2.75) is 32.7 Å². The first kappa shape index (κ1) is 7.78. The third-order valence-corrected chi connectivity index (χ3v) is 2.64. The predicted octanol–water partition coefficient (Wildman–Crippen LogP) is 2.08. The molecule has 2 rings (SSSR count). The number of rotatable bonds is 3. The van der Waals surface area contributed by atoms with Crippen LogP contribution in [-0.2, 0) is 6.54 Å². The molecule has 0 bridgehead atoms. The molecule has 0 aliphatic heterocycles. The van der Waals surface area contributed by atoms with Gasteiger partial charge in [0, 0.05) is 25.5 Å². The van der Waals surface area contributed by atoms with Crippen molar-refractivity contribution in [2.75, 3.05) is 0 Å². The fourth-order valence-electron chi connectivity index (χ4n) is 1.54. The molecule has 0 saturated heterocycles. The van der Waals surface area contributed by atoms with Gasteiger partial charge in [-0.3, -0.25) is 0 Å². The lowest BCUT2D eigenvalue weighted by atomic mass is 10.2. The summed E-state index contributed by atoms with van der Waals surface area (Å²) in [5.41, 5.74) is 1.37. The van der Waals surface area contributed by atoms with Crippen molar-refractivity contribution in [1.82, 2.24) is 0 Å². The number of hydrogen-bond donors (Lipinski definition) is 0. The normalized spacial score (nSPS) is 16.4. The molecule has 1 aromatic rings. The number of aryl methyl sites for hydroxylation is 2. The molecule has 12 heavy (non-hydrogen) atoms. The van der Waals surface area contributed by atoms with Crippen LogP contribution in [0.4, 0.5) is 0 Å². The summed E-state index contributed by atoms with van der Waals surface area (Å²) in [6, 6.07) is 6.38. The molecule has 1 heterocycles. The Morgan fingerprint density at radius 2 is 2.25 bits per heavy atom. The van der Waals surface area contributed by atoms with Gasteiger partial charge in [0.25, 0.3) is 0 Å². The third kappa shape index (κ3) is 1.84. The van der Waals surface area contributed by atoms with Crippen LogP contribution in [0.1, 0.15) is 25.0 Å². The summed E-state index contributed by atoms with van der Waals surface area (Å²) < 4.78 is 2.35. The molecule has 1 nitrogen and oxygen atoms in total. The maximum absolute atomic E-state index is 2.35. The van der Waals surface area contributed by atoms with Gasteiger partial charge in [0.1, 0.15) is 6.54 Å². The Labute approximate surface area is 74.0 Å². The molecule has 64 valence electrons. The van der Waals surface area contributed by atoms with E-state index >= 15 is 0 Å². The Morgan fingerprint density at radius 1 is 1.42 bits per heavy atom. The van der Waals surface area contributed by atoms with Crippen LogP contribution in [0.3, 0.4) is 0 Å². The van der Waals surface area contributed by atoms with Crippen LogP contribution in [0.5, 0.6) is 0 Å². The summed E-state index contributed by atoms with van der Waals surface area (Å²) >= 11 is 0. The van der Waals surface area contributed by atoms with Crippen LogP contribution in [0.25, 0.3) is 0 Å². The summed E-state index contributed by atoms with van der Waals surface area (Å²) in [6.45, 7) is 3.38. The summed E-state index contributed by atoms with van der Waals surface area (Å²) in [6.07, 6.45) is 6.48. The van der Waals surface area contributed by atoms with E-state index in [1.54, 1.807) is 0 Å². The largest absolute Gasteiger partial charge is 0.203 e. The maximum atomic E-state index is 2.35. The van der Waals surface area contributed by atoms with Crippen molar-refractivity contribution in [3.8, 4) is 0 Å². The molecule has 0 unspecified atom stereocenters. The van der Waals surface area contributed by atoms with Crippen molar-refractivity contribution in [2.24, 2.45) is 5.92 Å². The standard InChI is InChI=1S/C11H16N/c1-10-4-2-3-8-12(10)9-7-11-5-6-11/h2-4,8,11H,5-7,9H2,1H3/q+1. The molecule has 1 fully saturated rings. The van der Waals surface area contributed by atoms with Crippen LogP contribution in [0.15, 0.2) is 24.4 Å². The summed E-state index contributed by atoms with van der Waals surface area (Å²) in [4.78, 5) is 0. The minimum Gasteiger partial charge on any atom is -0.203 e. The molecule has 1 saturated carbocycles. The van der Waals surface area contributed by atoms with Gasteiger partial charge in [-0.05, 0) is 18.8 Å². The Hall–Kier alpha value is -0.850. The van der Waals surface area contributed by atoms with E-state index in [9.17, 15) is 0 Å². The van der Waals surface area contributed by atoms with Crippen LogP contribution in [0, 0.1) is 12.8 Å². The zero-order valence-electron chi connectivity index (χ0n) is 7.66. The van der Waals surface area contributed by atoms with Gasteiger partial charge in [0.2, 0.25) is 0 Å². The second-order valence-electron chi connectivity index (χ2n) is 3.77. The first-order valence-corrected chi connectivity index (χ1v) is 4.81. The van der Waals surface area contributed by atoms with E-state index in [1.807, 2.05) is 0 Å². The fraction of sp³-hybridized carbons (Fsp3) is 0.545. The molecular weight excluding hydrogens is 146 g/mol. The van der Waals surface area contributed by atoms with E-state index < -0.39 is 0 Å². The van der Waals surface area contributed by atoms with Gasteiger partial charge >= 0.3 is 0 Å². The molecular formula is C11H16N+. The van der Waals surface area contributed by atoms with Crippen molar-refractivity contribution >= 4 is 0 Å². The highest BCUT2D eigenvalue weighted by Gasteiger charge is 2.22. The molecule has 1 heteroatoms. The van der Waals surface area contributed by atoms with Gasteiger partial charge in [-0.15, -0.1) is 0 Å². The molecule has 0 spiro atoms. The number of hydrogen-bond acceptors (Lipinski definition) is 0. The van der Waals surface area contributed by atoms with E-state index in [0.29, 0.717) is 0 Å². The first-order valence-electron chi connectivity index (χ1n) is 4.81. The zero-order valence-corrected chi connectivity index (χ0v) is 7.66. The topological polar surface area (TPSA) is 3.88 Å². The Kier molecular flexibility index (Phi) is 2.11. The summed E-state index contributed by atoms with van der Waals surface area (Å²) in [5.74, 6) is 1.04. The lowest BCUT2D eigenvalue weighted by molar-refractivity contribution is -0.703. The van der Waals surface area contributed by atoms with Crippen LogP contribution in [-0.4, -0.2) is 0 Å². The average molecular weight is 162 g/mol. The number of pyridine rings is 1. The first-order chi connectivity index (χ1) is 5.86. The summed E-state index contributed by atoms with van der Waals surface area (Å²) in [7, 11) is 0. The highest BCUT2D eigenvalue weighted by atomic mass is 14.9. The van der Waals surface area contributed by atoms with E-state index in [-0.39, 0.29) is 0 Å². The maximum Gasteiger partial charge on any atom is 0.178 e. The lowest BCUT2D eigenvalue weighted by Crippen LogP contribution is -2.36. The molecule has 0 N–H and O–H groups in total. The fourth-order valence-corrected chi connectivity index (χ4v) is 1.54. The Bertz CT molecular complexity index is 263. The van der Waals surface area contributed by atoms with Crippen molar-refractivity contribution in [3.63, 3.8) is 0 Å². The van der Waals surface area contributed by atoms with Gasteiger partial charge in [-0.2, -0.15) is 0 Å². The SMILES string of the molecule is Cc1cccc[n+]1CCC1CC1. The van der Waals surface area contributed by atoms with Crippen LogP contribution >= 0.6 is 0 Å². The molecule has 1 aliphatic carbocycles. The molecule has 1 aromatic heterocycles. The van der Waals surface area contributed by atoms with E-state index in [1.165, 1.54) is 31.5 Å². The molecule has 0 amide bonds. The lowest BCUT2D eigenvalue weighted by Gasteiger charge is -1.97. The highest BCUT2D eigenvalue weighted by molar-refractivity contribution is 4.94. The van der Waals surface area contributed by atoms with E-state index in [4.69, 9.17) is 0 Å². The average Bonchev–Trinajstić information content (AvgIpc) is 2.86. The summed E-state index contributed by atoms with van der Waals surface area (Å²) in [5, 5.41) is 0. The van der Waals surface area contributed by atoms with Crippen molar-refractivity contribution in [1.29, 1.82) is 0 Å². The Balaban J connectivity index is 1.96. The smallest absolute Gasteiger partial charge is 0.178 e. The van der Waals surface area contributed by atoms with E-state index in [2.05, 4.69) is 35.9 Å². The van der Waals surface area contributed by atoms with E-state index in [0.717, 1.165) is 5.92 Å². The minimum absolute atomic E-state index is 1.04. The van der Waals surface area contributed by atoms with Crippen LogP contribution < -0.4 is 4.57 Å². The van der Waals surface area contributed by atoms with Gasteiger partial charge in [-0.25, -0.2) is 4.57 Å². The second kappa shape index (κ2) is 3.26. The second-order valence-corrected chi connectivity index (χ2v) is 3.77. The van der Waals surface area contributed by atoms with Gasteiger partial charge < -0.3 is 0 Å². The van der Waals surface area contributed by atoms with Gasteiger partial charge in [-0.1, -0.05) is 6.07 Å².